The normalized spacial score (nSPS) is 17.5. The lowest BCUT2D eigenvalue weighted by Crippen LogP contribution is -2.10. The summed E-state index contributed by atoms with van der Waals surface area (Å²) in [6.45, 7) is 2.24. The Labute approximate surface area is 143 Å². The number of fused-ring (bicyclic) bond motifs is 1. The molecule has 1 aliphatic heterocycles. The topological polar surface area (TPSA) is 80.5 Å². The first-order chi connectivity index (χ1) is 11.1. The molecule has 0 radical (unpaired) electrons. The number of ether oxygens (including phenoxy) is 1. The minimum atomic E-state index is -0.158. The summed E-state index contributed by atoms with van der Waals surface area (Å²) in [6.07, 6.45) is 1.12. The van der Waals surface area contributed by atoms with Crippen molar-refractivity contribution in [1.29, 1.82) is 0 Å². The number of nitrogens with two attached hydrogens (primary N) is 1. The zero-order valence-electron chi connectivity index (χ0n) is 12.8. The third-order valence-corrected chi connectivity index (χ3v) is 5.02. The smallest absolute Gasteiger partial charge is 0.305 e. The fraction of sp³-hybridized carbons (Fsp3) is 0.375. The van der Waals surface area contributed by atoms with Crippen molar-refractivity contribution >= 4 is 51.0 Å². The molecule has 1 aromatic carbocycles. The number of hydrogen-bond acceptors (Lipinski definition) is 5. The molecule has 0 saturated heterocycles. The lowest BCUT2D eigenvalue weighted by molar-refractivity contribution is -0.143. The number of anilines is 1. The van der Waals surface area contributed by atoms with E-state index in [9.17, 15) is 4.79 Å². The first kappa shape index (κ1) is 16.2. The van der Waals surface area contributed by atoms with Crippen LogP contribution in [0.3, 0.4) is 0 Å². The zero-order chi connectivity index (χ0) is 16.4. The highest BCUT2D eigenvalue weighted by atomic mass is 35.5. The Morgan fingerprint density at radius 3 is 3.13 bits per heavy atom. The van der Waals surface area contributed by atoms with E-state index in [2.05, 4.69) is 4.98 Å². The number of aromatic nitrogens is 1. The van der Waals surface area contributed by atoms with Crippen LogP contribution in [0.1, 0.15) is 25.5 Å². The molecule has 0 aliphatic carbocycles. The Morgan fingerprint density at radius 2 is 2.35 bits per heavy atom. The Hall–Kier alpha value is -1.66. The van der Waals surface area contributed by atoms with E-state index < -0.39 is 0 Å². The number of thioether (sulfide) groups is 1. The molecule has 0 fully saturated rings. The Bertz CT molecular complexity index is 772. The van der Waals surface area contributed by atoms with Crippen LogP contribution in [-0.4, -0.2) is 34.4 Å². The van der Waals surface area contributed by atoms with E-state index in [-0.39, 0.29) is 12.0 Å². The lowest BCUT2D eigenvalue weighted by atomic mass is 10.2. The van der Waals surface area contributed by atoms with E-state index in [0.29, 0.717) is 30.2 Å². The molecule has 2 aromatic rings. The number of aliphatic imine (C=N–C) groups is 1. The summed E-state index contributed by atoms with van der Waals surface area (Å²) in [6, 6.07) is 5.77. The highest BCUT2D eigenvalue weighted by Crippen LogP contribution is 2.30. The van der Waals surface area contributed by atoms with Gasteiger partial charge in [-0.05, 0) is 31.5 Å². The average Bonchev–Trinajstić information content (AvgIpc) is 3.11. The number of benzene rings is 1. The van der Waals surface area contributed by atoms with Crippen molar-refractivity contribution in [2.45, 2.75) is 25.8 Å². The first-order valence-electron chi connectivity index (χ1n) is 7.51. The molecule has 3 rings (SSSR count). The van der Waals surface area contributed by atoms with Gasteiger partial charge in [0.2, 0.25) is 0 Å². The van der Waals surface area contributed by atoms with Crippen LogP contribution in [0.15, 0.2) is 23.2 Å². The van der Waals surface area contributed by atoms with Crippen molar-refractivity contribution in [1.82, 2.24) is 4.98 Å². The number of nitrogen functional groups attached to an aromatic ring is 1. The summed E-state index contributed by atoms with van der Waals surface area (Å²) in [5, 5.41) is 2.54. The van der Waals surface area contributed by atoms with Gasteiger partial charge in [0.15, 0.2) is 0 Å². The van der Waals surface area contributed by atoms with E-state index in [1.807, 2.05) is 19.1 Å². The summed E-state index contributed by atoms with van der Waals surface area (Å²) in [5.74, 6) is 0.717. The SMILES string of the molecule is CCOC(=O)CCC1CSC(c2cc3cc(Cl)cc(N)c3[nH]2)=N1. The van der Waals surface area contributed by atoms with Gasteiger partial charge in [-0.25, -0.2) is 0 Å². The summed E-state index contributed by atoms with van der Waals surface area (Å²) < 4.78 is 4.95. The average molecular weight is 352 g/mol. The van der Waals surface area contributed by atoms with Crippen LogP contribution in [-0.2, 0) is 9.53 Å². The fourth-order valence-corrected chi connectivity index (χ4v) is 3.89. The molecule has 0 spiro atoms. The van der Waals surface area contributed by atoms with Gasteiger partial charge in [-0.2, -0.15) is 0 Å². The number of halogens is 1. The van der Waals surface area contributed by atoms with Gasteiger partial charge in [-0.1, -0.05) is 11.6 Å². The fourth-order valence-electron chi connectivity index (χ4n) is 2.58. The highest BCUT2D eigenvalue weighted by Gasteiger charge is 2.22. The van der Waals surface area contributed by atoms with E-state index in [4.69, 9.17) is 27.1 Å². The van der Waals surface area contributed by atoms with Crippen LogP contribution in [0.5, 0.6) is 0 Å². The molecule has 1 atom stereocenters. The van der Waals surface area contributed by atoms with Crippen LogP contribution in [0, 0.1) is 0 Å². The standard InChI is InChI=1S/C16H18ClN3O2S/c1-2-22-14(21)4-3-11-8-23-16(19-11)13-6-9-5-10(17)7-12(18)15(9)20-13/h5-7,11,20H,2-4,8,18H2,1H3. The number of aromatic amines is 1. The van der Waals surface area contributed by atoms with Crippen LogP contribution < -0.4 is 5.73 Å². The number of rotatable bonds is 5. The highest BCUT2D eigenvalue weighted by molar-refractivity contribution is 8.14. The first-order valence-corrected chi connectivity index (χ1v) is 8.87. The van der Waals surface area contributed by atoms with Gasteiger partial charge in [-0.3, -0.25) is 9.79 Å². The molecule has 0 bridgehead atoms. The van der Waals surface area contributed by atoms with Crippen molar-refractivity contribution in [3.63, 3.8) is 0 Å². The summed E-state index contributed by atoms with van der Waals surface area (Å²) in [5.41, 5.74) is 8.44. The monoisotopic (exact) mass is 351 g/mol. The van der Waals surface area contributed by atoms with Gasteiger partial charge in [0, 0.05) is 22.6 Å². The van der Waals surface area contributed by atoms with Gasteiger partial charge in [-0.15, -0.1) is 11.8 Å². The molecule has 1 aliphatic rings. The van der Waals surface area contributed by atoms with Crippen LogP contribution in [0.25, 0.3) is 10.9 Å². The van der Waals surface area contributed by atoms with Gasteiger partial charge in [0.25, 0.3) is 0 Å². The number of nitrogens with zero attached hydrogens (tertiary/aromatic N) is 1. The van der Waals surface area contributed by atoms with Gasteiger partial charge >= 0.3 is 5.97 Å². The maximum Gasteiger partial charge on any atom is 0.305 e. The molecule has 1 unspecified atom stereocenters. The van der Waals surface area contributed by atoms with Gasteiger partial charge in [0.05, 0.1) is 29.5 Å². The second kappa shape index (κ2) is 6.84. The molecule has 5 nitrogen and oxygen atoms in total. The van der Waals surface area contributed by atoms with E-state index >= 15 is 0 Å². The molecular formula is C16H18ClN3O2S. The summed E-state index contributed by atoms with van der Waals surface area (Å²) in [7, 11) is 0. The van der Waals surface area contributed by atoms with E-state index in [1.54, 1.807) is 17.8 Å². The zero-order valence-corrected chi connectivity index (χ0v) is 14.3. The quantitative estimate of drug-likeness (QED) is 0.637. The van der Waals surface area contributed by atoms with Crippen LogP contribution in [0.2, 0.25) is 5.02 Å². The maximum atomic E-state index is 11.4. The summed E-state index contributed by atoms with van der Waals surface area (Å²) in [4.78, 5) is 19.4. The van der Waals surface area contributed by atoms with Crippen molar-refractivity contribution < 1.29 is 9.53 Å². The van der Waals surface area contributed by atoms with Crippen LogP contribution in [0.4, 0.5) is 5.69 Å². The number of hydrogen-bond donors (Lipinski definition) is 2. The second-order valence-corrected chi connectivity index (χ2v) is 6.83. The molecule has 0 saturated carbocycles. The van der Waals surface area contributed by atoms with E-state index in [0.717, 1.165) is 27.4 Å². The van der Waals surface area contributed by atoms with Crippen molar-refractivity contribution in [3.8, 4) is 0 Å². The molecule has 122 valence electrons. The summed E-state index contributed by atoms with van der Waals surface area (Å²) >= 11 is 7.73. The van der Waals surface area contributed by atoms with Gasteiger partial charge in [0.1, 0.15) is 5.04 Å². The molecule has 0 amide bonds. The molecular weight excluding hydrogens is 334 g/mol. The molecule has 1 aromatic heterocycles. The predicted octanol–water partition coefficient (Wildman–Crippen LogP) is 3.61. The van der Waals surface area contributed by atoms with Gasteiger partial charge < -0.3 is 15.5 Å². The number of nitrogens with one attached hydrogen (secondary N) is 1. The Balaban J connectivity index is 1.73. The van der Waals surface area contributed by atoms with Crippen molar-refractivity contribution in [2.24, 2.45) is 4.99 Å². The van der Waals surface area contributed by atoms with Crippen molar-refractivity contribution in [2.75, 3.05) is 18.1 Å². The minimum absolute atomic E-state index is 0.145. The Morgan fingerprint density at radius 1 is 1.52 bits per heavy atom. The predicted molar refractivity (Wildman–Crippen MR) is 96.4 cm³/mol. The minimum Gasteiger partial charge on any atom is -0.466 e. The molecule has 23 heavy (non-hydrogen) atoms. The lowest BCUT2D eigenvalue weighted by Gasteiger charge is -2.04. The second-order valence-electron chi connectivity index (χ2n) is 5.39. The number of carbonyl (C=O) groups excluding carboxylic acids is 1. The van der Waals surface area contributed by atoms with Crippen molar-refractivity contribution in [3.05, 3.63) is 28.9 Å². The third-order valence-electron chi connectivity index (χ3n) is 3.65. The third kappa shape index (κ3) is 3.64. The van der Waals surface area contributed by atoms with E-state index in [1.165, 1.54) is 0 Å². The van der Waals surface area contributed by atoms with Crippen LogP contribution >= 0.6 is 23.4 Å². The number of H-pyrrole nitrogens is 1. The largest absolute Gasteiger partial charge is 0.466 e. The number of carbonyl (C=O) groups is 1. The number of esters is 1. The molecule has 7 heteroatoms. The molecule has 2 heterocycles. The molecule has 3 N–H and O–H groups in total. The Kier molecular flexibility index (Phi) is 4.82. The maximum absolute atomic E-state index is 11.4.